The summed E-state index contributed by atoms with van der Waals surface area (Å²) in [7, 11) is 0. The molecule has 0 fully saturated rings. The highest BCUT2D eigenvalue weighted by Crippen LogP contribution is 2.17. The van der Waals surface area contributed by atoms with E-state index < -0.39 is 0 Å². The minimum Gasteiger partial charge on any atom is -0.326 e. The molecule has 0 aliphatic heterocycles. The molecule has 3 rings (SSSR count). The molecular weight excluding hydrogens is 224 g/mol. The number of nitrogens with zero attached hydrogens (tertiary/aromatic N) is 4. The molecule has 18 heavy (non-hydrogen) atoms. The maximum Gasteiger partial charge on any atom is 0.131 e. The lowest BCUT2D eigenvalue weighted by Gasteiger charge is -2.07. The van der Waals surface area contributed by atoms with Crippen LogP contribution in [0.1, 0.15) is 19.2 Å². The summed E-state index contributed by atoms with van der Waals surface area (Å²) in [6.07, 6.45) is 4.87. The van der Waals surface area contributed by atoms with Gasteiger partial charge < -0.3 is 4.57 Å². The van der Waals surface area contributed by atoms with Gasteiger partial charge in [0.25, 0.3) is 0 Å². The third-order valence-corrected chi connectivity index (χ3v) is 3.04. The first-order chi connectivity index (χ1) is 8.88. The van der Waals surface area contributed by atoms with Gasteiger partial charge in [0.05, 0.1) is 17.6 Å². The van der Waals surface area contributed by atoms with Gasteiger partial charge in [0.1, 0.15) is 5.82 Å². The van der Waals surface area contributed by atoms with E-state index in [9.17, 15) is 0 Å². The van der Waals surface area contributed by atoms with Gasteiger partial charge in [-0.3, -0.25) is 4.68 Å². The Morgan fingerprint density at radius 3 is 2.83 bits per heavy atom. The summed E-state index contributed by atoms with van der Waals surface area (Å²) in [5, 5.41) is 4.25. The highest BCUT2D eigenvalue weighted by molar-refractivity contribution is 5.75. The van der Waals surface area contributed by atoms with Crippen LogP contribution in [0.5, 0.6) is 0 Å². The second-order valence-electron chi connectivity index (χ2n) is 4.37. The number of hydrogen-bond donors (Lipinski definition) is 0. The van der Waals surface area contributed by atoms with Crippen LogP contribution in [0, 0.1) is 0 Å². The second-order valence-corrected chi connectivity index (χ2v) is 4.37. The van der Waals surface area contributed by atoms with Crippen LogP contribution in [-0.2, 0) is 13.1 Å². The van der Waals surface area contributed by atoms with Crippen molar-refractivity contribution >= 4 is 11.0 Å². The van der Waals surface area contributed by atoms with Crippen molar-refractivity contribution in [3.63, 3.8) is 0 Å². The van der Waals surface area contributed by atoms with Gasteiger partial charge in [-0.05, 0) is 24.6 Å². The van der Waals surface area contributed by atoms with Crippen molar-refractivity contribution in [1.29, 1.82) is 0 Å². The Kier molecular flexibility index (Phi) is 2.84. The zero-order valence-electron chi connectivity index (χ0n) is 10.5. The molecule has 0 amide bonds. The summed E-state index contributed by atoms with van der Waals surface area (Å²) < 4.78 is 4.20. The highest BCUT2D eigenvalue weighted by Gasteiger charge is 2.09. The van der Waals surface area contributed by atoms with Gasteiger partial charge in [-0.15, -0.1) is 0 Å². The first kappa shape index (κ1) is 11.0. The maximum absolute atomic E-state index is 4.71. The zero-order chi connectivity index (χ0) is 12.4. The Bertz CT molecular complexity index is 637. The molecule has 2 aromatic heterocycles. The van der Waals surface area contributed by atoms with E-state index in [4.69, 9.17) is 4.98 Å². The van der Waals surface area contributed by atoms with Gasteiger partial charge in [-0.25, -0.2) is 4.98 Å². The van der Waals surface area contributed by atoms with Crippen molar-refractivity contribution in [3.05, 3.63) is 48.5 Å². The van der Waals surface area contributed by atoms with Gasteiger partial charge in [0, 0.05) is 18.9 Å². The minimum absolute atomic E-state index is 0.724. The number of rotatable bonds is 4. The van der Waals surface area contributed by atoms with Gasteiger partial charge >= 0.3 is 0 Å². The number of imidazole rings is 1. The molecule has 4 heteroatoms. The number of aromatic nitrogens is 4. The zero-order valence-corrected chi connectivity index (χ0v) is 10.5. The van der Waals surface area contributed by atoms with Crippen molar-refractivity contribution in [2.75, 3.05) is 0 Å². The molecular formula is C14H16N4. The van der Waals surface area contributed by atoms with E-state index >= 15 is 0 Å². The number of fused-ring (bicyclic) bond motifs is 1. The van der Waals surface area contributed by atoms with Crippen molar-refractivity contribution < 1.29 is 0 Å². The fraction of sp³-hybridized carbons (Fsp3) is 0.286. The normalized spacial score (nSPS) is 11.2. The van der Waals surface area contributed by atoms with Crippen LogP contribution in [-0.4, -0.2) is 19.3 Å². The average molecular weight is 240 g/mol. The summed E-state index contributed by atoms with van der Waals surface area (Å²) >= 11 is 0. The predicted octanol–water partition coefficient (Wildman–Crippen LogP) is 2.69. The van der Waals surface area contributed by atoms with Gasteiger partial charge in [0.2, 0.25) is 0 Å². The van der Waals surface area contributed by atoms with Crippen LogP contribution in [0.15, 0.2) is 42.7 Å². The summed E-state index contributed by atoms with van der Waals surface area (Å²) in [4.78, 5) is 4.71. The summed E-state index contributed by atoms with van der Waals surface area (Å²) in [6.45, 7) is 3.91. The van der Waals surface area contributed by atoms with Crippen LogP contribution < -0.4 is 0 Å². The fourth-order valence-electron chi connectivity index (χ4n) is 2.26. The van der Waals surface area contributed by atoms with Gasteiger partial charge in [0.15, 0.2) is 0 Å². The molecule has 0 spiro atoms. The second kappa shape index (κ2) is 4.64. The highest BCUT2D eigenvalue weighted by atomic mass is 15.3. The Balaban J connectivity index is 2.06. The van der Waals surface area contributed by atoms with Gasteiger partial charge in [-0.2, -0.15) is 5.10 Å². The average Bonchev–Trinajstić information content (AvgIpc) is 3.00. The minimum atomic E-state index is 0.724. The molecule has 0 saturated heterocycles. The number of para-hydroxylation sites is 2. The van der Waals surface area contributed by atoms with Crippen molar-refractivity contribution in [2.45, 2.75) is 26.4 Å². The SMILES string of the molecule is CCCn1c(Cn2cccn2)nc2ccccc21. The topological polar surface area (TPSA) is 35.6 Å². The molecule has 0 unspecified atom stereocenters. The maximum atomic E-state index is 4.71. The predicted molar refractivity (Wildman–Crippen MR) is 71.4 cm³/mol. The largest absolute Gasteiger partial charge is 0.326 e. The molecule has 4 nitrogen and oxygen atoms in total. The smallest absolute Gasteiger partial charge is 0.131 e. The molecule has 0 radical (unpaired) electrons. The number of benzene rings is 1. The molecule has 92 valence electrons. The van der Waals surface area contributed by atoms with E-state index in [-0.39, 0.29) is 0 Å². The van der Waals surface area contributed by atoms with E-state index in [0.717, 1.165) is 30.9 Å². The molecule has 0 N–H and O–H groups in total. The Morgan fingerprint density at radius 2 is 2.06 bits per heavy atom. The summed E-state index contributed by atoms with van der Waals surface area (Å²) in [6, 6.07) is 10.2. The fourth-order valence-corrected chi connectivity index (χ4v) is 2.26. The molecule has 1 aromatic carbocycles. The van der Waals surface area contributed by atoms with Crippen molar-refractivity contribution in [1.82, 2.24) is 19.3 Å². The molecule has 0 atom stereocenters. The van der Waals surface area contributed by atoms with Crippen LogP contribution in [0.2, 0.25) is 0 Å². The lowest BCUT2D eigenvalue weighted by Crippen LogP contribution is -2.09. The molecule has 0 aliphatic carbocycles. The van der Waals surface area contributed by atoms with Crippen molar-refractivity contribution in [2.24, 2.45) is 0 Å². The molecule has 0 saturated carbocycles. The molecule has 3 aromatic rings. The van der Waals surface area contributed by atoms with Crippen LogP contribution in [0.4, 0.5) is 0 Å². The van der Waals surface area contributed by atoms with Crippen LogP contribution >= 0.6 is 0 Å². The van der Waals surface area contributed by atoms with E-state index in [1.165, 1.54) is 5.52 Å². The quantitative estimate of drug-likeness (QED) is 0.703. The number of aryl methyl sites for hydroxylation is 1. The lowest BCUT2D eigenvalue weighted by atomic mass is 10.3. The standard InChI is InChI=1S/C14H16N4/c1-2-9-18-13-7-4-3-6-12(13)16-14(18)11-17-10-5-8-15-17/h3-8,10H,2,9,11H2,1H3. The Hall–Kier alpha value is -2.10. The molecule has 0 bridgehead atoms. The van der Waals surface area contributed by atoms with Gasteiger partial charge in [-0.1, -0.05) is 19.1 Å². The van der Waals surface area contributed by atoms with E-state index in [0.29, 0.717) is 0 Å². The summed E-state index contributed by atoms with van der Waals surface area (Å²) in [5.74, 6) is 1.07. The Labute approximate surface area is 106 Å². The third kappa shape index (κ3) is 1.90. The molecule has 2 heterocycles. The Morgan fingerprint density at radius 1 is 1.17 bits per heavy atom. The third-order valence-electron chi connectivity index (χ3n) is 3.04. The molecule has 0 aliphatic rings. The summed E-state index contributed by atoms with van der Waals surface area (Å²) in [5.41, 5.74) is 2.27. The lowest BCUT2D eigenvalue weighted by molar-refractivity contribution is 0.593. The van der Waals surface area contributed by atoms with E-state index in [1.54, 1.807) is 6.20 Å². The van der Waals surface area contributed by atoms with Crippen LogP contribution in [0.25, 0.3) is 11.0 Å². The first-order valence-corrected chi connectivity index (χ1v) is 6.30. The monoisotopic (exact) mass is 240 g/mol. The first-order valence-electron chi connectivity index (χ1n) is 6.30. The van der Waals surface area contributed by atoms with Crippen LogP contribution in [0.3, 0.4) is 0 Å². The number of hydrogen-bond acceptors (Lipinski definition) is 2. The van der Waals surface area contributed by atoms with Crippen molar-refractivity contribution in [3.8, 4) is 0 Å². The van der Waals surface area contributed by atoms with E-state index in [2.05, 4.69) is 34.8 Å². The van der Waals surface area contributed by atoms with E-state index in [1.807, 2.05) is 23.0 Å².